The van der Waals surface area contributed by atoms with Gasteiger partial charge in [-0.15, -0.1) is 0 Å². The molecule has 0 aliphatic heterocycles. The molecule has 0 amide bonds. The molecular weight excluding hydrogens is 691 g/mol. The van der Waals surface area contributed by atoms with Gasteiger partial charge in [0, 0.05) is 9.13 Å². The second kappa shape index (κ2) is 8.50. The molecule has 2 aromatic carbocycles. The number of ether oxygens (including phenoxy) is 1. The lowest BCUT2D eigenvalue weighted by molar-refractivity contribution is -0.336. The Morgan fingerprint density at radius 2 is 1.58 bits per heavy atom. The predicted octanol–water partition coefficient (Wildman–Crippen LogP) is 3.49. The standard InChI is InChI=1S/C16H9F2I3O5/c17-16(18,15(24)25)13(8-5-10(20)12(22)11(21)6-8)26-14(23)7-1-3-9(19)4-2-7/h1-6,13,22H,(H,24,25)/p-1. The zero-order chi connectivity index (χ0) is 19.6. The van der Waals surface area contributed by atoms with E-state index in [4.69, 9.17) is 4.74 Å². The molecule has 0 bridgehead atoms. The van der Waals surface area contributed by atoms with Gasteiger partial charge in [0.25, 0.3) is 0 Å². The number of alkyl halides is 2. The number of hydrogen-bond acceptors (Lipinski definition) is 5. The van der Waals surface area contributed by atoms with Crippen LogP contribution in [0.15, 0.2) is 36.4 Å². The highest BCUT2D eigenvalue weighted by atomic mass is 127. The maximum absolute atomic E-state index is 14.2. The molecule has 10 heteroatoms. The van der Waals surface area contributed by atoms with Crippen molar-refractivity contribution in [2.24, 2.45) is 0 Å². The van der Waals surface area contributed by atoms with Crippen molar-refractivity contribution in [2.45, 2.75) is 12.0 Å². The van der Waals surface area contributed by atoms with Crippen molar-refractivity contribution in [3.8, 4) is 5.75 Å². The fraction of sp³-hybridized carbons (Fsp3) is 0.125. The molecule has 26 heavy (non-hydrogen) atoms. The molecule has 0 aliphatic carbocycles. The Labute approximate surface area is 187 Å². The quantitative estimate of drug-likeness (QED) is 0.382. The zero-order valence-electron chi connectivity index (χ0n) is 12.5. The van der Waals surface area contributed by atoms with Crippen molar-refractivity contribution >= 4 is 79.7 Å². The summed E-state index contributed by atoms with van der Waals surface area (Å²) < 4.78 is 34.4. The zero-order valence-corrected chi connectivity index (χ0v) is 19.0. The van der Waals surface area contributed by atoms with E-state index in [9.17, 15) is 28.6 Å². The lowest BCUT2D eigenvalue weighted by atomic mass is 10.0. The minimum absolute atomic E-state index is 0.00673. The second-order valence-electron chi connectivity index (χ2n) is 5.04. The lowest BCUT2D eigenvalue weighted by Gasteiger charge is -2.28. The maximum Gasteiger partial charge on any atom is 0.338 e. The highest BCUT2D eigenvalue weighted by molar-refractivity contribution is 14.1. The minimum Gasteiger partial charge on any atom is -0.544 e. The molecule has 0 saturated carbocycles. The smallest absolute Gasteiger partial charge is 0.338 e. The lowest BCUT2D eigenvalue weighted by Crippen LogP contribution is -2.47. The van der Waals surface area contributed by atoms with Crippen molar-refractivity contribution in [1.29, 1.82) is 0 Å². The molecule has 0 saturated heterocycles. The number of phenolic OH excluding ortho intramolecular Hbond substituents is 1. The number of aliphatic carboxylic acids is 1. The highest BCUT2D eigenvalue weighted by Crippen LogP contribution is 2.38. The molecule has 0 fully saturated rings. The molecule has 0 heterocycles. The molecule has 138 valence electrons. The third kappa shape index (κ3) is 4.74. The van der Waals surface area contributed by atoms with E-state index >= 15 is 0 Å². The first-order valence-corrected chi connectivity index (χ1v) is 10.0. The van der Waals surface area contributed by atoms with Crippen molar-refractivity contribution in [3.05, 3.63) is 58.2 Å². The topological polar surface area (TPSA) is 86.7 Å². The van der Waals surface area contributed by atoms with Crippen LogP contribution in [0.1, 0.15) is 22.0 Å². The normalized spacial score (nSPS) is 12.5. The molecule has 2 rings (SSSR count). The SMILES string of the molecule is O=C(OC(c1cc(I)c(O)c(I)c1)C(F)(F)C(=O)[O-])c1ccc(I)cc1. The summed E-state index contributed by atoms with van der Waals surface area (Å²) in [4.78, 5) is 23.2. The van der Waals surface area contributed by atoms with Gasteiger partial charge in [0.2, 0.25) is 0 Å². The first kappa shape index (κ1) is 21.5. The van der Waals surface area contributed by atoms with Crippen LogP contribution < -0.4 is 5.11 Å². The van der Waals surface area contributed by atoms with Gasteiger partial charge in [-0.05, 0) is 104 Å². The fourth-order valence-corrected chi connectivity index (χ4v) is 4.13. The van der Waals surface area contributed by atoms with Gasteiger partial charge in [0.15, 0.2) is 6.10 Å². The van der Waals surface area contributed by atoms with Crippen LogP contribution in [0, 0.1) is 10.7 Å². The van der Waals surface area contributed by atoms with Gasteiger partial charge in [-0.3, -0.25) is 0 Å². The van der Waals surface area contributed by atoms with E-state index in [0.717, 1.165) is 15.7 Å². The van der Waals surface area contributed by atoms with Gasteiger partial charge >= 0.3 is 11.9 Å². The van der Waals surface area contributed by atoms with E-state index in [0.29, 0.717) is 0 Å². The molecule has 5 nitrogen and oxygen atoms in total. The van der Waals surface area contributed by atoms with E-state index in [-0.39, 0.29) is 24.0 Å². The molecule has 0 radical (unpaired) electrons. The number of carbonyl (C=O) groups excluding carboxylic acids is 2. The van der Waals surface area contributed by atoms with Gasteiger partial charge in [-0.1, -0.05) is 0 Å². The molecule has 1 atom stereocenters. The third-order valence-corrected chi connectivity index (χ3v) is 5.61. The largest absolute Gasteiger partial charge is 0.544 e. The van der Waals surface area contributed by atoms with Crippen LogP contribution >= 0.6 is 67.8 Å². The number of halogens is 5. The predicted molar refractivity (Wildman–Crippen MR) is 111 cm³/mol. The van der Waals surface area contributed by atoms with E-state index in [1.165, 1.54) is 12.1 Å². The number of aromatic hydroxyl groups is 1. The highest BCUT2D eigenvalue weighted by Gasteiger charge is 2.46. The van der Waals surface area contributed by atoms with Crippen molar-refractivity contribution in [1.82, 2.24) is 0 Å². The molecule has 1 N–H and O–H groups in total. The first-order valence-electron chi connectivity index (χ1n) is 6.77. The average molecular weight is 699 g/mol. The van der Waals surface area contributed by atoms with Gasteiger partial charge in [-0.2, -0.15) is 8.78 Å². The Bertz CT molecular complexity index is 832. The number of esters is 1. The maximum atomic E-state index is 14.2. The van der Waals surface area contributed by atoms with Gasteiger partial charge in [0.05, 0.1) is 12.7 Å². The summed E-state index contributed by atoms with van der Waals surface area (Å²) in [5.41, 5.74) is -0.280. The first-order chi connectivity index (χ1) is 12.0. The van der Waals surface area contributed by atoms with Crippen LogP contribution in [-0.2, 0) is 9.53 Å². The van der Waals surface area contributed by atoms with Crippen molar-refractivity contribution in [3.63, 3.8) is 0 Å². The number of phenols is 1. The molecule has 2 aromatic rings. The summed E-state index contributed by atoms with van der Waals surface area (Å²) in [5.74, 6) is -8.39. The number of carboxylic acid groups (broad SMARTS) is 1. The van der Waals surface area contributed by atoms with Crippen LogP contribution in [0.25, 0.3) is 0 Å². The van der Waals surface area contributed by atoms with Gasteiger partial charge in [-0.25, -0.2) is 4.79 Å². The van der Waals surface area contributed by atoms with Gasteiger partial charge in [0.1, 0.15) is 11.7 Å². The van der Waals surface area contributed by atoms with Crippen LogP contribution in [0.2, 0.25) is 0 Å². The van der Waals surface area contributed by atoms with E-state index in [1.807, 2.05) is 22.6 Å². The Balaban J connectivity index is 2.47. The monoisotopic (exact) mass is 699 g/mol. The molecular formula is C16H8F2I3O5-. The number of hydrogen-bond donors (Lipinski definition) is 1. The Morgan fingerprint density at radius 3 is 2.04 bits per heavy atom. The minimum atomic E-state index is -4.47. The molecule has 0 aromatic heterocycles. The molecule has 1 unspecified atom stereocenters. The molecule has 0 spiro atoms. The number of carbonyl (C=O) groups is 2. The van der Waals surface area contributed by atoms with Crippen molar-refractivity contribution in [2.75, 3.05) is 0 Å². The van der Waals surface area contributed by atoms with E-state index in [2.05, 4.69) is 0 Å². The number of rotatable bonds is 5. The Hall–Kier alpha value is -0.770. The number of carboxylic acids is 1. The van der Waals surface area contributed by atoms with Crippen LogP contribution in [-0.4, -0.2) is 23.0 Å². The van der Waals surface area contributed by atoms with Crippen molar-refractivity contribution < 1.29 is 33.3 Å². The average Bonchev–Trinajstić information content (AvgIpc) is 2.57. The Kier molecular flexibility index (Phi) is 7.04. The summed E-state index contributed by atoms with van der Waals surface area (Å²) in [7, 11) is 0. The summed E-state index contributed by atoms with van der Waals surface area (Å²) in [6, 6.07) is 8.16. The number of benzene rings is 2. The molecule has 0 aliphatic rings. The summed E-state index contributed by atoms with van der Waals surface area (Å²) >= 11 is 5.40. The summed E-state index contributed by atoms with van der Waals surface area (Å²) in [6.45, 7) is 0. The van der Waals surface area contributed by atoms with Crippen LogP contribution in [0.4, 0.5) is 8.78 Å². The summed E-state index contributed by atoms with van der Waals surface area (Å²) in [5, 5.41) is 20.7. The van der Waals surface area contributed by atoms with Crippen LogP contribution in [0.5, 0.6) is 5.75 Å². The Morgan fingerprint density at radius 1 is 1.08 bits per heavy atom. The van der Waals surface area contributed by atoms with Gasteiger partial charge < -0.3 is 19.7 Å². The van der Waals surface area contributed by atoms with E-state index in [1.54, 1.807) is 57.3 Å². The third-order valence-electron chi connectivity index (χ3n) is 3.25. The second-order valence-corrected chi connectivity index (χ2v) is 8.61. The fourth-order valence-electron chi connectivity index (χ4n) is 1.96. The summed E-state index contributed by atoms with van der Waals surface area (Å²) in [6.07, 6.45) is -2.41. The van der Waals surface area contributed by atoms with E-state index < -0.39 is 24.0 Å². The van der Waals surface area contributed by atoms with Crippen LogP contribution in [0.3, 0.4) is 0 Å².